The lowest BCUT2D eigenvalue weighted by Crippen LogP contribution is -2.16. The molecule has 1 aliphatic heterocycles. The summed E-state index contributed by atoms with van der Waals surface area (Å²) in [6.45, 7) is 3.62. The van der Waals surface area contributed by atoms with E-state index in [0.717, 1.165) is 79.3 Å². The molecule has 0 radical (unpaired) electrons. The first-order valence-electron chi connectivity index (χ1n) is 11.4. The van der Waals surface area contributed by atoms with Crippen LogP contribution in [0.5, 0.6) is 0 Å². The van der Waals surface area contributed by atoms with E-state index in [0.29, 0.717) is 5.92 Å². The molecule has 4 aromatic rings. The maximum absolute atomic E-state index is 5.55. The average Bonchev–Trinajstić information content (AvgIpc) is 3.27. The monoisotopic (exact) mass is 430 g/mol. The zero-order chi connectivity index (χ0) is 21.9. The number of benzene rings is 2. The molecule has 2 aromatic heterocycles. The number of ether oxygens (including phenoxy) is 1. The highest BCUT2D eigenvalue weighted by Crippen LogP contribution is 2.30. The molecule has 0 aliphatic carbocycles. The van der Waals surface area contributed by atoms with Gasteiger partial charge in [-0.25, -0.2) is 0 Å². The summed E-state index contributed by atoms with van der Waals surface area (Å²) in [7, 11) is 4.21. The molecule has 5 rings (SSSR count). The van der Waals surface area contributed by atoms with E-state index in [-0.39, 0.29) is 0 Å². The van der Waals surface area contributed by atoms with Crippen molar-refractivity contribution < 1.29 is 4.74 Å². The molecule has 1 saturated heterocycles. The third kappa shape index (κ3) is 4.31. The molecule has 1 fully saturated rings. The molecular weight excluding hydrogens is 400 g/mol. The number of nitrogens with zero attached hydrogens (tertiary/aromatic N) is 5. The Hall–Kier alpha value is -3.03. The van der Waals surface area contributed by atoms with Gasteiger partial charge in [-0.3, -0.25) is 9.38 Å². The second-order valence-corrected chi connectivity index (χ2v) is 8.76. The first-order valence-corrected chi connectivity index (χ1v) is 11.4. The normalized spacial score (nSPS) is 15.1. The molecule has 0 unspecified atom stereocenters. The molecule has 0 amide bonds. The van der Waals surface area contributed by atoms with Crippen LogP contribution in [0.25, 0.3) is 27.8 Å². The summed E-state index contributed by atoms with van der Waals surface area (Å²) >= 11 is 0. The smallest absolute Gasteiger partial charge is 0.179 e. The number of hydrogen-bond acceptors (Lipinski definition) is 6. The molecular formula is C25H30N6O. The fraction of sp³-hybridized carbons (Fsp3) is 0.400. The molecule has 3 heterocycles. The van der Waals surface area contributed by atoms with Gasteiger partial charge in [0.05, 0.1) is 17.2 Å². The molecule has 0 saturated carbocycles. The van der Waals surface area contributed by atoms with Crippen molar-refractivity contribution in [3.05, 3.63) is 54.5 Å². The van der Waals surface area contributed by atoms with Crippen molar-refractivity contribution in [1.82, 2.24) is 24.5 Å². The van der Waals surface area contributed by atoms with Crippen molar-refractivity contribution in [3.63, 3.8) is 0 Å². The Morgan fingerprint density at radius 3 is 2.59 bits per heavy atom. The summed E-state index contributed by atoms with van der Waals surface area (Å²) in [4.78, 5) is 6.82. The fourth-order valence-corrected chi connectivity index (χ4v) is 4.39. The number of rotatable bonds is 7. The summed E-state index contributed by atoms with van der Waals surface area (Å²) in [6, 6.07) is 15.1. The van der Waals surface area contributed by atoms with Crippen LogP contribution in [0.3, 0.4) is 0 Å². The third-order valence-electron chi connectivity index (χ3n) is 6.16. The molecule has 0 atom stereocenters. The summed E-state index contributed by atoms with van der Waals surface area (Å²) < 4.78 is 7.73. The van der Waals surface area contributed by atoms with Gasteiger partial charge >= 0.3 is 0 Å². The molecule has 166 valence electrons. The second kappa shape index (κ2) is 9.22. The van der Waals surface area contributed by atoms with Crippen LogP contribution in [0.2, 0.25) is 0 Å². The van der Waals surface area contributed by atoms with Crippen LogP contribution < -0.4 is 5.32 Å². The Labute approximate surface area is 188 Å². The van der Waals surface area contributed by atoms with Gasteiger partial charge in [-0.2, -0.15) is 0 Å². The largest absolute Gasteiger partial charge is 0.385 e. The van der Waals surface area contributed by atoms with Crippen LogP contribution in [0, 0.1) is 0 Å². The zero-order valence-corrected chi connectivity index (χ0v) is 18.8. The van der Waals surface area contributed by atoms with Crippen molar-refractivity contribution in [2.24, 2.45) is 0 Å². The average molecular weight is 431 g/mol. The lowest BCUT2D eigenvalue weighted by Gasteiger charge is -2.20. The van der Waals surface area contributed by atoms with E-state index in [2.05, 4.69) is 86.4 Å². The predicted octanol–water partition coefficient (Wildman–Crippen LogP) is 4.20. The highest BCUT2D eigenvalue weighted by Gasteiger charge is 2.22. The summed E-state index contributed by atoms with van der Waals surface area (Å²) in [5, 5.41) is 12.4. The Kier molecular flexibility index (Phi) is 6.01. The van der Waals surface area contributed by atoms with Gasteiger partial charge in [0.15, 0.2) is 5.65 Å². The van der Waals surface area contributed by atoms with Crippen molar-refractivity contribution in [2.75, 3.05) is 45.7 Å². The first kappa shape index (κ1) is 20.8. The van der Waals surface area contributed by atoms with Crippen molar-refractivity contribution in [3.8, 4) is 11.1 Å². The van der Waals surface area contributed by atoms with Crippen molar-refractivity contribution in [2.45, 2.75) is 25.2 Å². The number of anilines is 1. The van der Waals surface area contributed by atoms with Crippen LogP contribution in [-0.2, 0) is 4.74 Å². The van der Waals surface area contributed by atoms with E-state index in [1.807, 2.05) is 6.20 Å². The van der Waals surface area contributed by atoms with Crippen LogP contribution in [0.4, 0.5) is 5.69 Å². The highest BCUT2D eigenvalue weighted by molar-refractivity contribution is 5.83. The lowest BCUT2D eigenvalue weighted by atomic mass is 9.99. The van der Waals surface area contributed by atoms with E-state index in [4.69, 9.17) is 4.74 Å². The number of fused-ring (bicyclic) bond motifs is 3. The molecule has 0 bridgehead atoms. The standard InChI is InChI=1S/C25H30N6O/c1-30(2)13-3-12-26-21-7-4-18(5-8-21)20-6-9-22-23(16-20)31-24(17-27-22)28-29-25(31)19-10-14-32-15-11-19/h4-9,16-17,19,26H,3,10-15H2,1-2H3. The summed E-state index contributed by atoms with van der Waals surface area (Å²) in [5.41, 5.74) is 6.30. The first-order chi connectivity index (χ1) is 15.7. The minimum Gasteiger partial charge on any atom is -0.385 e. The van der Waals surface area contributed by atoms with Gasteiger partial charge in [0.2, 0.25) is 0 Å². The summed E-state index contributed by atoms with van der Waals surface area (Å²) in [6.07, 6.45) is 4.89. The molecule has 32 heavy (non-hydrogen) atoms. The van der Waals surface area contributed by atoms with Gasteiger partial charge in [0, 0.05) is 31.4 Å². The van der Waals surface area contributed by atoms with Gasteiger partial charge in [0.25, 0.3) is 0 Å². The van der Waals surface area contributed by atoms with Crippen molar-refractivity contribution in [1.29, 1.82) is 0 Å². The molecule has 0 spiro atoms. The number of aromatic nitrogens is 4. The quantitative estimate of drug-likeness (QED) is 0.443. The lowest BCUT2D eigenvalue weighted by molar-refractivity contribution is 0.0834. The van der Waals surface area contributed by atoms with Gasteiger partial charge in [0.1, 0.15) is 5.82 Å². The molecule has 1 N–H and O–H groups in total. The van der Waals surface area contributed by atoms with Gasteiger partial charge in [-0.15, -0.1) is 10.2 Å². The van der Waals surface area contributed by atoms with Gasteiger partial charge in [-0.05, 0) is 75.3 Å². The van der Waals surface area contributed by atoms with Gasteiger partial charge < -0.3 is 15.0 Å². The molecule has 2 aromatic carbocycles. The fourth-order valence-electron chi connectivity index (χ4n) is 4.39. The topological polar surface area (TPSA) is 67.6 Å². The number of hydrogen-bond donors (Lipinski definition) is 1. The highest BCUT2D eigenvalue weighted by atomic mass is 16.5. The maximum atomic E-state index is 5.55. The Bertz CT molecular complexity index is 1190. The van der Waals surface area contributed by atoms with Crippen LogP contribution in [-0.4, -0.2) is 64.9 Å². The predicted molar refractivity (Wildman–Crippen MR) is 128 cm³/mol. The summed E-state index contributed by atoms with van der Waals surface area (Å²) in [5.74, 6) is 1.39. The number of nitrogens with one attached hydrogen (secondary N) is 1. The Morgan fingerprint density at radius 1 is 1.03 bits per heavy atom. The maximum Gasteiger partial charge on any atom is 0.179 e. The minimum absolute atomic E-state index is 0.367. The Balaban J connectivity index is 1.43. The van der Waals surface area contributed by atoms with Crippen LogP contribution in [0.1, 0.15) is 31.0 Å². The molecule has 1 aliphatic rings. The van der Waals surface area contributed by atoms with Crippen molar-refractivity contribution >= 4 is 22.4 Å². The van der Waals surface area contributed by atoms with E-state index >= 15 is 0 Å². The van der Waals surface area contributed by atoms with E-state index in [9.17, 15) is 0 Å². The zero-order valence-electron chi connectivity index (χ0n) is 18.8. The third-order valence-corrected chi connectivity index (χ3v) is 6.16. The SMILES string of the molecule is CN(C)CCCNc1ccc(-c2ccc3ncc4nnc(C5CCOCC5)n4c3c2)cc1. The van der Waals surface area contributed by atoms with E-state index in [1.54, 1.807) is 0 Å². The Morgan fingerprint density at radius 2 is 1.81 bits per heavy atom. The van der Waals surface area contributed by atoms with Gasteiger partial charge in [-0.1, -0.05) is 18.2 Å². The molecule has 7 heteroatoms. The second-order valence-electron chi connectivity index (χ2n) is 8.76. The molecule has 7 nitrogen and oxygen atoms in total. The van der Waals surface area contributed by atoms with Crippen LogP contribution in [0.15, 0.2) is 48.7 Å². The van der Waals surface area contributed by atoms with Crippen LogP contribution >= 0.6 is 0 Å². The van der Waals surface area contributed by atoms with E-state index < -0.39 is 0 Å². The minimum atomic E-state index is 0.367. The van der Waals surface area contributed by atoms with E-state index in [1.165, 1.54) is 5.56 Å².